The second-order valence-electron chi connectivity index (χ2n) is 3.52. The molecular formula is C10H14N2O2. The lowest BCUT2D eigenvalue weighted by molar-refractivity contribution is 0.0954. The van der Waals surface area contributed by atoms with Crippen molar-refractivity contribution in [2.45, 2.75) is 26.3 Å². The summed E-state index contributed by atoms with van der Waals surface area (Å²) in [4.78, 5) is 11.9. The molecule has 4 nitrogen and oxygen atoms in total. The quantitative estimate of drug-likeness (QED) is 0.682. The van der Waals surface area contributed by atoms with Crippen LogP contribution in [-0.4, -0.2) is 22.7 Å². The molecule has 0 spiro atoms. The first-order valence-corrected chi connectivity index (χ1v) is 4.92. The van der Waals surface area contributed by atoms with Crippen molar-refractivity contribution in [2.75, 3.05) is 7.11 Å². The number of aromatic nitrogens is 2. The van der Waals surface area contributed by atoms with Crippen molar-refractivity contribution < 1.29 is 9.53 Å². The molecule has 1 aliphatic carbocycles. The average Bonchev–Trinajstić information content (AvgIpc) is 2.96. The third-order valence-corrected chi connectivity index (χ3v) is 2.51. The van der Waals surface area contributed by atoms with Crippen LogP contribution in [0.5, 0.6) is 5.75 Å². The summed E-state index contributed by atoms with van der Waals surface area (Å²) in [7, 11) is 1.57. The van der Waals surface area contributed by atoms with E-state index in [2.05, 4.69) is 5.10 Å². The number of hydrogen-bond acceptors (Lipinski definition) is 3. The smallest absolute Gasteiger partial charge is 0.187 e. The summed E-state index contributed by atoms with van der Waals surface area (Å²) >= 11 is 0. The van der Waals surface area contributed by atoms with E-state index in [0.717, 1.165) is 12.8 Å². The molecular weight excluding hydrogens is 180 g/mol. The summed E-state index contributed by atoms with van der Waals surface area (Å²) in [6, 6.07) is 0. The number of hydrogen-bond donors (Lipinski definition) is 0. The van der Waals surface area contributed by atoms with E-state index < -0.39 is 0 Å². The second-order valence-corrected chi connectivity index (χ2v) is 3.52. The Morgan fingerprint density at radius 3 is 2.93 bits per heavy atom. The molecule has 2 rings (SSSR count). The van der Waals surface area contributed by atoms with E-state index in [9.17, 15) is 4.79 Å². The lowest BCUT2D eigenvalue weighted by Gasteiger charge is -2.04. The SMILES string of the molecule is CCn1ncc(OC)c1C(=O)C1CC1. The molecule has 0 amide bonds. The van der Waals surface area contributed by atoms with Crippen molar-refractivity contribution in [1.29, 1.82) is 0 Å². The van der Waals surface area contributed by atoms with Crippen LogP contribution in [0, 0.1) is 5.92 Å². The van der Waals surface area contributed by atoms with Gasteiger partial charge in [0.1, 0.15) is 5.69 Å². The van der Waals surface area contributed by atoms with E-state index >= 15 is 0 Å². The number of rotatable bonds is 4. The summed E-state index contributed by atoms with van der Waals surface area (Å²) in [6.07, 6.45) is 3.63. The first-order valence-electron chi connectivity index (χ1n) is 4.92. The molecule has 0 atom stereocenters. The minimum Gasteiger partial charge on any atom is -0.493 e. The highest BCUT2D eigenvalue weighted by Gasteiger charge is 2.34. The summed E-state index contributed by atoms with van der Waals surface area (Å²) in [5.41, 5.74) is 0.637. The van der Waals surface area contributed by atoms with Crippen LogP contribution in [0.1, 0.15) is 30.3 Å². The standard InChI is InChI=1S/C10H14N2O2/c1-3-12-9(8(14-2)6-11-12)10(13)7-4-5-7/h6-7H,3-5H2,1-2H3. The molecule has 1 fully saturated rings. The van der Waals surface area contributed by atoms with Crippen molar-refractivity contribution in [3.63, 3.8) is 0 Å². The van der Waals surface area contributed by atoms with Gasteiger partial charge in [-0.3, -0.25) is 9.48 Å². The number of carbonyl (C=O) groups excluding carboxylic acids is 1. The van der Waals surface area contributed by atoms with Gasteiger partial charge in [-0.05, 0) is 19.8 Å². The van der Waals surface area contributed by atoms with Gasteiger partial charge in [-0.25, -0.2) is 0 Å². The molecule has 1 saturated carbocycles. The summed E-state index contributed by atoms with van der Waals surface area (Å²) in [5.74, 6) is 0.996. The van der Waals surface area contributed by atoms with E-state index in [0.29, 0.717) is 18.0 Å². The van der Waals surface area contributed by atoms with Crippen LogP contribution in [0.15, 0.2) is 6.20 Å². The molecule has 0 aromatic carbocycles. The molecule has 4 heteroatoms. The molecule has 0 bridgehead atoms. The molecule has 14 heavy (non-hydrogen) atoms. The highest BCUT2D eigenvalue weighted by atomic mass is 16.5. The predicted molar refractivity (Wildman–Crippen MR) is 51.5 cm³/mol. The van der Waals surface area contributed by atoms with E-state index in [1.807, 2.05) is 6.92 Å². The van der Waals surface area contributed by atoms with Crippen molar-refractivity contribution >= 4 is 5.78 Å². The maximum absolute atomic E-state index is 11.9. The van der Waals surface area contributed by atoms with Gasteiger partial charge in [-0.1, -0.05) is 0 Å². The Balaban J connectivity index is 2.36. The highest BCUT2D eigenvalue weighted by Crippen LogP contribution is 2.35. The number of nitrogens with zero attached hydrogens (tertiary/aromatic N) is 2. The Morgan fingerprint density at radius 2 is 2.43 bits per heavy atom. The van der Waals surface area contributed by atoms with Crippen LogP contribution >= 0.6 is 0 Å². The van der Waals surface area contributed by atoms with Gasteiger partial charge in [0.25, 0.3) is 0 Å². The molecule has 0 unspecified atom stereocenters. The molecule has 76 valence electrons. The van der Waals surface area contributed by atoms with E-state index in [-0.39, 0.29) is 11.7 Å². The molecule has 1 aromatic heterocycles. The molecule has 0 saturated heterocycles. The highest BCUT2D eigenvalue weighted by molar-refractivity contribution is 6.00. The molecule has 0 aliphatic heterocycles. The Hall–Kier alpha value is -1.32. The van der Waals surface area contributed by atoms with Gasteiger partial charge in [-0.2, -0.15) is 5.10 Å². The van der Waals surface area contributed by atoms with Gasteiger partial charge < -0.3 is 4.74 Å². The summed E-state index contributed by atoms with van der Waals surface area (Å²) in [5, 5.41) is 4.11. The zero-order valence-electron chi connectivity index (χ0n) is 8.49. The summed E-state index contributed by atoms with van der Waals surface area (Å²) < 4.78 is 6.83. The molecule has 0 N–H and O–H groups in total. The van der Waals surface area contributed by atoms with E-state index in [1.54, 1.807) is 18.0 Å². The van der Waals surface area contributed by atoms with Crippen LogP contribution in [-0.2, 0) is 6.54 Å². The van der Waals surface area contributed by atoms with Crippen LogP contribution in [0.2, 0.25) is 0 Å². The normalized spacial score (nSPS) is 15.6. The molecule has 0 radical (unpaired) electrons. The zero-order valence-corrected chi connectivity index (χ0v) is 8.49. The maximum atomic E-state index is 11.9. The van der Waals surface area contributed by atoms with Crippen molar-refractivity contribution in [1.82, 2.24) is 9.78 Å². The fourth-order valence-corrected chi connectivity index (χ4v) is 1.54. The first kappa shape index (κ1) is 9.24. The van der Waals surface area contributed by atoms with Gasteiger partial charge in [-0.15, -0.1) is 0 Å². The zero-order chi connectivity index (χ0) is 10.1. The summed E-state index contributed by atoms with van der Waals surface area (Å²) in [6.45, 7) is 2.67. The lowest BCUT2D eigenvalue weighted by atomic mass is 10.2. The van der Waals surface area contributed by atoms with Gasteiger partial charge in [0.15, 0.2) is 11.5 Å². The topological polar surface area (TPSA) is 44.1 Å². The predicted octanol–water partition coefficient (Wildman–Crippen LogP) is 1.50. The Kier molecular flexibility index (Phi) is 2.27. The largest absolute Gasteiger partial charge is 0.493 e. The third kappa shape index (κ3) is 1.41. The second kappa shape index (κ2) is 3.44. The van der Waals surface area contributed by atoms with Gasteiger partial charge in [0, 0.05) is 12.5 Å². The van der Waals surface area contributed by atoms with Gasteiger partial charge in [0.05, 0.1) is 13.3 Å². The van der Waals surface area contributed by atoms with Crippen molar-refractivity contribution in [2.24, 2.45) is 5.92 Å². The first-order chi connectivity index (χ1) is 6.77. The number of methoxy groups -OCH3 is 1. The minimum atomic E-state index is 0.182. The Labute approximate surface area is 82.9 Å². The lowest BCUT2D eigenvalue weighted by Crippen LogP contribution is -2.12. The van der Waals surface area contributed by atoms with Crippen LogP contribution in [0.25, 0.3) is 0 Å². The minimum absolute atomic E-state index is 0.182. The Bertz CT molecular complexity index is 332. The average molecular weight is 194 g/mol. The fourth-order valence-electron chi connectivity index (χ4n) is 1.54. The van der Waals surface area contributed by atoms with E-state index in [1.165, 1.54) is 0 Å². The molecule has 1 aliphatic rings. The molecule has 1 aromatic rings. The van der Waals surface area contributed by atoms with E-state index in [4.69, 9.17) is 4.74 Å². The van der Waals surface area contributed by atoms with Crippen molar-refractivity contribution in [3.8, 4) is 5.75 Å². The van der Waals surface area contributed by atoms with Crippen LogP contribution in [0.4, 0.5) is 0 Å². The molecule has 1 heterocycles. The number of ketones is 1. The maximum Gasteiger partial charge on any atom is 0.187 e. The third-order valence-electron chi connectivity index (χ3n) is 2.51. The van der Waals surface area contributed by atoms with Crippen molar-refractivity contribution in [3.05, 3.63) is 11.9 Å². The fraction of sp³-hybridized carbons (Fsp3) is 0.600. The number of Topliss-reactive ketones (excluding diaryl/α,β-unsaturated/α-hetero) is 1. The Morgan fingerprint density at radius 1 is 1.71 bits per heavy atom. The number of ether oxygens (including phenoxy) is 1. The van der Waals surface area contributed by atoms with Gasteiger partial charge in [0.2, 0.25) is 0 Å². The number of carbonyl (C=O) groups is 1. The van der Waals surface area contributed by atoms with Crippen LogP contribution < -0.4 is 4.74 Å². The number of aryl methyl sites for hydroxylation is 1. The monoisotopic (exact) mass is 194 g/mol. The van der Waals surface area contributed by atoms with Gasteiger partial charge >= 0.3 is 0 Å². The van der Waals surface area contributed by atoms with Crippen LogP contribution in [0.3, 0.4) is 0 Å².